The minimum absolute atomic E-state index is 0.00514. The number of aryl methyl sites for hydroxylation is 2. The number of rotatable bonds is 9. The summed E-state index contributed by atoms with van der Waals surface area (Å²) < 4.78 is 8.11. The van der Waals surface area contributed by atoms with Crippen LogP contribution in [0.4, 0.5) is 5.95 Å². The van der Waals surface area contributed by atoms with Gasteiger partial charge in [-0.25, -0.2) is 0 Å². The fraction of sp³-hybridized carbons (Fsp3) is 0.615. The molecule has 1 aromatic heterocycles. The van der Waals surface area contributed by atoms with Gasteiger partial charge in [0.05, 0.1) is 0 Å². The van der Waals surface area contributed by atoms with Gasteiger partial charge in [-0.3, -0.25) is 14.2 Å². The second-order valence-electron chi connectivity index (χ2n) is 9.99. The molecule has 4 rings (SSSR count). The highest BCUT2D eigenvalue weighted by molar-refractivity contribution is 5.80. The fourth-order valence-corrected chi connectivity index (χ4v) is 4.33. The lowest BCUT2D eigenvalue weighted by Crippen LogP contribution is -2.38. The molecule has 0 bridgehead atoms. The van der Waals surface area contributed by atoms with Crippen LogP contribution < -0.4 is 15.0 Å². The molecule has 9 heteroatoms. The molecule has 2 aliphatic rings. The van der Waals surface area contributed by atoms with Crippen LogP contribution in [0.25, 0.3) is 0 Å². The summed E-state index contributed by atoms with van der Waals surface area (Å²) >= 11 is 0. The molecule has 2 fully saturated rings. The number of aromatic nitrogens is 3. The van der Waals surface area contributed by atoms with Gasteiger partial charge in [0.15, 0.2) is 5.82 Å². The average Bonchev–Trinajstić information content (AvgIpc) is 3.65. The van der Waals surface area contributed by atoms with Crippen LogP contribution >= 0.6 is 0 Å². The largest absolute Gasteiger partial charge is 0.486 e. The van der Waals surface area contributed by atoms with Crippen molar-refractivity contribution < 1.29 is 14.3 Å². The van der Waals surface area contributed by atoms with Crippen molar-refractivity contribution >= 4 is 17.8 Å². The van der Waals surface area contributed by atoms with Crippen molar-refractivity contribution in [3.8, 4) is 5.75 Å². The number of benzene rings is 1. The third-order valence-corrected chi connectivity index (χ3v) is 6.82. The SMILES string of the molecule is Cc1ccc(OCc2nnc(N3CCCN(C(=O)C(C)C)CC3)n2CCNC(=O)C2CC2)cc1C. The molecule has 1 N–H and O–H groups in total. The van der Waals surface area contributed by atoms with Gasteiger partial charge in [-0.1, -0.05) is 19.9 Å². The van der Waals surface area contributed by atoms with Gasteiger partial charge >= 0.3 is 0 Å². The maximum absolute atomic E-state index is 12.5. The van der Waals surface area contributed by atoms with Crippen LogP contribution in [0.1, 0.15) is 50.1 Å². The molecule has 0 radical (unpaired) electrons. The monoisotopic (exact) mass is 482 g/mol. The first-order valence-electron chi connectivity index (χ1n) is 12.8. The number of nitrogens with one attached hydrogen (secondary N) is 1. The number of amides is 2. The summed E-state index contributed by atoms with van der Waals surface area (Å²) in [5.41, 5.74) is 2.40. The molecule has 1 aromatic carbocycles. The van der Waals surface area contributed by atoms with E-state index in [9.17, 15) is 9.59 Å². The highest BCUT2D eigenvalue weighted by atomic mass is 16.5. The first-order valence-corrected chi connectivity index (χ1v) is 12.8. The van der Waals surface area contributed by atoms with Crippen molar-refractivity contribution in [2.24, 2.45) is 11.8 Å². The molecule has 190 valence electrons. The summed E-state index contributed by atoms with van der Waals surface area (Å²) in [5.74, 6) is 2.78. The molecule has 0 unspecified atom stereocenters. The summed E-state index contributed by atoms with van der Waals surface area (Å²) in [4.78, 5) is 28.8. The van der Waals surface area contributed by atoms with Gasteiger partial charge < -0.3 is 19.9 Å². The van der Waals surface area contributed by atoms with Crippen LogP contribution in [0.5, 0.6) is 5.75 Å². The predicted octanol–water partition coefficient (Wildman–Crippen LogP) is 2.69. The van der Waals surface area contributed by atoms with Gasteiger partial charge in [0.1, 0.15) is 12.4 Å². The molecule has 35 heavy (non-hydrogen) atoms. The first kappa shape index (κ1) is 25.0. The molecular formula is C26H38N6O3. The summed E-state index contributed by atoms with van der Waals surface area (Å²) in [6.07, 6.45) is 2.84. The van der Waals surface area contributed by atoms with Gasteiger partial charge in [-0.15, -0.1) is 10.2 Å². The number of nitrogens with zero attached hydrogens (tertiary/aromatic N) is 5. The Morgan fingerprint density at radius 1 is 1.09 bits per heavy atom. The summed E-state index contributed by atoms with van der Waals surface area (Å²) in [5, 5.41) is 12.0. The summed E-state index contributed by atoms with van der Waals surface area (Å²) in [7, 11) is 0. The summed E-state index contributed by atoms with van der Waals surface area (Å²) in [6, 6.07) is 6.05. The molecule has 1 saturated carbocycles. The fourth-order valence-electron chi connectivity index (χ4n) is 4.33. The Kier molecular flexibility index (Phi) is 7.93. The van der Waals surface area contributed by atoms with Crippen molar-refractivity contribution in [1.82, 2.24) is 25.0 Å². The number of carbonyl (C=O) groups excluding carboxylic acids is 2. The number of hydrogen-bond acceptors (Lipinski definition) is 6. The molecule has 1 aliphatic heterocycles. The van der Waals surface area contributed by atoms with Crippen LogP contribution in [0.3, 0.4) is 0 Å². The summed E-state index contributed by atoms with van der Waals surface area (Å²) in [6.45, 7) is 12.3. The zero-order valence-electron chi connectivity index (χ0n) is 21.4. The second kappa shape index (κ2) is 11.1. The highest BCUT2D eigenvalue weighted by Gasteiger charge is 2.29. The molecular weight excluding hydrogens is 444 g/mol. The van der Waals surface area contributed by atoms with Gasteiger partial charge in [-0.2, -0.15) is 0 Å². The normalized spacial score (nSPS) is 16.4. The quantitative estimate of drug-likeness (QED) is 0.591. The lowest BCUT2D eigenvalue weighted by atomic mass is 10.1. The van der Waals surface area contributed by atoms with Gasteiger partial charge in [0.25, 0.3) is 0 Å². The van der Waals surface area contributed by atoms with Crippen molar-refractivity contribution in [1.29, 1.82) is 0 Å². The Bertz CT molecular complexity index is 1050. The predicted molar refractivity (Wildman–Crippen MR) is 134 cm³/mol. The van der Waals surface area contributed by atoms with E-state index in [-0.39, 0.29) is 30.3 Å². The number of ether oxygens (including phenoxy) is 1. The third kappa shape index (κ3) is 6.32. The highest BCUT2D eigenvalue weighted by Crippen LogP contribution is 2.28. The lowest BCUT2D eigenvalue weighted by molar-refractivity contribution is -0.134. The van der Waals surface area contributed by atoms with Crippen molar-refractivity contribution in [3.05, 3.63) is 35.2 Å². The maximum atomic E-state index is 12.5. The molecule has 1 saturated heterocycles. The Morgan fingerprint density at radius 3 is 2.60 bits per heavy atom. The van der Waals surface area contributed by atoms with E-state index >= 15 is 0 Å². The van der Waals surface area contributed by atoms with Gasteiger partial charge in [-0.05, 0) is 56.4 Å². The van der Waals surface area contributed by atoms with Crippen LogP contribution in [-0.2, 0) is 22.7 Å². The molecule has 9 nitrogen and oxygen atoms in total. The molecule has 0 atom stereocenters. The van der Waals surface area contributed by atoms with Gasteiger partial charge in [0, 0.05) is 51.1 Å². The minimum Gasteiger partial charge on any atom is -0.486 e. The molecule has 2 heterocycles. The number of hydrogen-bond donors (Lipinski definition) is 1. The molecule has 2 aromatic rings. The van der Waals surface area contributed by atoms with Crippen LogP contribution in [0.2, 0.25) is 0 Å². The average molecular weight is 483 g/mol. The Labute approximate surface area is 207 Å². The lowest BCUT2D eigenvalue weighted by Gasteiger charge is -2.24. The van der Waals surface area contributed by atoms with E-state index in [1.54, 1.807) is 0 Å². The minimum atomic E-state index is -0.00514. The van der Waals surface area contributed by atoms with E-state index in [1.165, 1.54) is 11.1 Å². The van der Waals surface area contributed by atoms with E-state index in [4.69, 9.17) is 4.74 Å². The van der Waals surface area contributed by atoms with E-state index in [2.05, 4.69) is 40.3 Å². The van der Waals surface area contributed by atoms with Crippen LogP contribution in [0.15, 0.2) is 18.2 Å². The zero-order chi connectivity index (χ0) is 24.9. The smallest absolute Gasteiger partial charge is 0.227 e. The van der Waals surface area contributed by atoms with E-state index in [1.807, 2.05) is 35.4 Å². The van der Waals surface area contributed by atoms with Crippen LogP contribution in [-0.4, -0.2) is 64.2 Å². The van der Waals surface area contributed by atoms with Crippen LogP contribution in [0, 0.1) is 25.7 Å². The maximum Gasteiger partial charge on any atom is 0.227 e. The van der Waals surface area contributed by atoms with Crippen molar-refractivity contribution in [2.75, 3.05) is 37.6 Å². The Balaban J connectivity index is 1.47. The molecule has 2 amide bonds. The first-order chi connectivity index (χ1) is 16.8. The Morgan fingerprint density at radius 2 is 1.89 bits per heavy atom. The van der Waals surface area contributed by atoms with Crippen molar-refractivity contribution in [3.63, 3.8) is 0 Å². The zero-order valence-corrected chi connectivity index (χ0v) is 21.4. The van der Waals surface area contributed by atoms with E-state index in [0.717, 1.165) is 49.9 Å². The molecule has 1 aliphatic carbocycles. The molecule has 0 spiro atoms. The third-order valence-electron chi connectivity index (χ3n) is 6.82. The second-order valence-corrected chi connectivity index (χ2v) is 9.99. The Hall–Kier alpha value is -3.10. The number of anilines is 1. The van der Waals surface area contributed by atoms with E-state index < -0.39 is 0 Å². The van der Waals surface area contributed by atoms with E-state index in [0.29, 0.717) is 26.2 Å². The van der Waals surface area contributed by atoms with Crippen molar-refractivity contribution in [2.45, 2.75) is 60.1 Å². The standard InChI is InChI=1S/C26H38N6O3/c1-18(2)25(34)30-11-5-12-31(15-14-30)26-29-28-23(17-35-22-9-6-19(3)20(4)16-22)32(26)13-10-27-24(33)21-7-8-21/h6,9,16,18,21H,5,7-8,10-15,17H2,1-4H3,(H,27,33). The topological polar surface area (TPSA) is 92.6 Å². The van der Waals surface area contributed by atoms with Gasteiger partial charge in [0.2, 0.25) is 17.8 Å². The number of carbonyl (C=O) groups is 2.